The molecule has 0 fully saturated rings. The first-order valence-corrected chi connectivity index (χ1v) is 8.22. The van der Waals surface area contributed by atoms with Crippen LogP contribution >= 0.6 is 0 Å². The molecule has 0 aliphatic heterocycles. The van der Waals surface area contributed by atoms with E-state index in [1.165, 1.54) is 0 Å². The van der Waals surface area contributed by atoms with Crippen LogP contribution in [0.4, 0.5) is 5.69 Å². The largest absolute Gasteiger partial charge is 0.346 e. The second-order valence-corrected chi connectivity index (χ2v) is 6.30. The van der Waals surface area contributed by atoms with Gasteiger partial charge in [-0.05, 0) is 39.7 Å². The first-order valence-electron chi connectivity index (χ1n) is 8.22. The molecule has 2 aromatic heterocycles. The van der Waals surface area contributed by atoms with E-state index in [1.54, 1.807) is 47.9 Å². The van der Waals surface area contributed by atoms with Gasteiger partial charge in [-0.15, -0.1) is 0 Å². The van der Waals surface area contributed by atoms with Crippen molar-refractivity contribution in [1.29, 1.82) is 0 Å². The smallest absolute Gasteiger partial charge is 0.291 e. The maximum atomic E-state index is 12.3. The summed E-state index contributed by atoms with van der Waals surface area (Å²) >= 11 is 0. The predicted octanol–water partition coefficient (Wildman–Crippen LogP) is 0.735. The molecule has 0 aliphatic carbocycles. The van der Waals surface area contributed by atoms with Crippen LogP contribution in [-0.2, 0) is 14.1 Å². The molecule has 0 saturated carbocycles. The van der Waals surface area contributed by atoms with Gasteiger partial charge < -0.3 is 24.7 Å². The Morgan fingerprint density at radius 1 is 1.24 bits per heavy atom. The number of Topliss-reactive ketones (excluding diaryl/α,β-unsaturated/α-hetero) is 1. The Morgan fingerprint density at radius 2 is 2.00 bits per heavy atom. The average molecular weight is 346 g/mol. The first kappa shape index (κ1) is 18.9. The molecule has 136 valence electrons. The number of carbonyl (C=O) groups excluding carboxylic acids is 2. The van der Waals surface area contributed by atoms with Crippen molar-refractivity contribution in [2.24, 2.45) is 14.1 Å². The van der Waals surface area contributed by atoms with E-state index in [0.717, 1.165) is 19.5 Å². The highest BCUT2D eigenvalue weighted by atomic mass is 16.2. The molecule has 2 aromatic rings. The number of hydrogen-bond acceptors (Lipinski definition) is 5. The van der Waals surface area contributed by atoms with Gasteiger partial charge in [0.05, 0.1) is 17.9 Å². The van der Waals surface area contributed by atoms with Crippen molar-refractivity contribution in [3.63, 3.8) is 0 Å². The van der Waals surface area contributed by atoms with E-state index in [0.29, 0.717) is 17.2 Å². The Kier molecular flexibility index (Phi) is 6.49. The maximum Gasteiger partial charge on any atom is 0.291 e. The lowest BCUT2D eigenvalue weighted by Gasteiger charge is -2.09. The molecule has 8 nitrogen and oxygen atoms in total. The molecule has 0 aliphatic rings. The van der Waals surface area contributed by atoms with E-state index in [9.17, 15) is 9.59 Å². The highest BCUT2D eigenvalue weighted by molar-refractivity contribution is 6.03. The number of imidazole rings is 1. The molecular weight excluding hydrogens is 320 g/mol. The summed E-state index contributed by atoms with van der Waals surface area (Å²) in [5, 5.41) is 5.92. The molecule has 1 amide bonds. The van der Waals surface area contributed by atoms with E-state index in [1.807, 2.05) is 14.1 Å². The second-order valence-electron chi connectivity index (χ2n) is 6.30. The fraction of sp³-hybridized carbons (Fsp3) is 0.471. The van der Waals surface area contributed by atoms with Gasteiger partial charge in [-0.25, -0.2) is 4.98 Å². The van der Waals surface area contributed by atoms with Gasteiger partial charge in [0.15, 0.2) is 11.6 Å². The van der Waals surface area contributed by atoms with Crippen LogP contribution in [0.2, 0.25) is 0 Å². The summed E-state index contributed by atoms with van der Waals surface area (Å²) in [5.74, 6) is 0.00282. The highest BCUT2D eigenvalue weighted by Gasteiger charge is 2.15. The molecule has 0 spiro atoms. The summed E-state index contributed by atoms with van der Waals surface area (Å²) < 4.78 is 3.36. The van der Waals surface area contributed by atoms with Crippen LogP contribution in [0.25, 0.3) is 0 Å². The molecular formula is C17H26N6O2. The van der Waals surface area contributed by atoms with Gasteiger partial charge in [-0.2, -0.15) is 0 Å². The number of nitrogens with zero attached hydrogens (tertiary/aromatic N) is 4. The van der Waals surface area contributed by atoms with E-state index < -0.39 is 0 Å². The summed E-state index contributed by atoms with van der Waals surface area (Å²) in [7, 11) is 7.59. The van der Waals surface area contributed by atoms with Crippen molar-refractivity contribution in [3.8, 4) is 0 Å². The van der Waals surface area contributed by atoms with Gasteiger partial charge >= 0.3 is 0 Å². The Balaban J connectivity index is 1.89. The summed E-state index contributed by atoms with van der Waals surface area (Å²) in [4.78, 5) is 30.6. The number of aryl methyl sites for hydroxylation is 2. The zero-order chi connectivity index (χ0) is 18.4. The molecule has 2 heterocycles. The third kappa shape index (κ3) is 5.27. The highest BCUT2D eigenvalue weighted by Crippen LogP contribution is 2.14. The number of carbonyl (C=O) groups is 2. The van der Waals surface area contributed by atoms with E-state index in [2.05, 4.69) is 20.5 Å². The van der Waals surface area contributed by atoms with E-state index in [-0.39, 0.29) is 18.2 Å². The third-order valence-corrected chi connectivity index (χ3v) is 3.82. The quantitative estimate of drug-likeness (QED) is 0.517. The van der Waals surface area contributed by atoms with Crippen molar-refractivity contribution in [1.82, 2.24) is 24.3 Å². The number of ketones is 1. The van der Waals surface area contributed by atoms with Crippen LogP contribution < -0.4 is 10.6 Å². The van der Waals surface area contributed by atoms with Gasteiger partial charge in [-0.1, -0.05) is 0 Å². The monoisotopic (exact) mass is 346 g/mol. The minimum Gasteiger partial charge on any atom is -0.346 e. The molecule has 0 aromatic carbocycles. The van der Waals surface area contributed by atoms with Crippen molar-refractivity contribution in [2.75, 3.05) is 39.0 Å². The molecule has 2 rings (SSSR count). The Morgan fingerprint density at radius 3 is 2.64 bits per heavy atom. The van der Waals surface area contributed by atoms with Crippen molar-refractivity contribution < 1.29 is 9.59 Å². The van der Waals surface area contributed by atoms with Crippen molar-refractivity contribution in [3.05, 3.63) is 36.2 Å². The van der Waals surface area contributed by atoms with E-state index >= 15 is 0 Å². The summed E-state index contributed by atoms with van der Waals surface area (Å²) in [5.41, 5.74) is 1.13. The second kappa shape index (κ2) is 8.59. The SMILES string of the molecule is CN(C)CCCNCC(=O)c1cc(NC(=O)c2nccn2C)cn1C. The molecule has 0 saturated heterocycles. The average Bonchev–Trinajstić information content (AvgIpc) is 3.12. The van der Waals surface area contributed by atoms with Gasteiger partial charge in [0, 0.05) is 32.7 Å². The maximum absolute atomic E-state index is 12.3. The zero-order valence-electron chi connectivity index (χ0n) is 15.2. The molecule has 2 N–H and O–H groups in total. The number of rotatable bonds is 9. The Bertz CT molecular complexity index is 731. The number of hydrogen-bond donors (Lipinski definition) is 2. The normalized spacial score (nSPS) is 11.1. The van der Waals surface area contributed by atoms with E-state index in [4.69, 9.17) is 0 Å². The minimum atomic E-state index is -0.307. The van der Waals surface area contributed by atoms with Crippen LogP contribution in [0, 0.1) is 0 Å². The molecule has 0 atom stereocenters. The van der Waals surface area contributed by atoms with Crippen LogP contribution in [0.3, 0.4) is 0 Å². The number of amides is 1. The zero-order valence-corrected chi connectivity index (χ0v) is 15.2. The van der Waals surface area contributed by atoms with Gasteiger partial charge in [-0.3, -0.25) is 9.59 Å². The lowest BCUT2D eigenvalue weighted by atomic mass is 10.2. The lowest BCUT2D eigenvalue weighted by molar-refractivity contribution is 0.0980. The van der Waals surface area contributed by atoms with Crippen LogP contribution in [-0.4, -0.2) is 64.4 Å². The summed E-state index contributed by atoms with van der Waals surface area (Å²) in [6, 6.07) is 1.69. The summed E-state index contributed by atoms with van der Waals surface area (Å²) in [6.07, 6.45) is 5.98. The lowest BCUT2D eigenvalue weighted by Crippen LogP contribution is -2.27. The van der Waals surface area contributed by atoms with Gasteiger partial charge in [0.25, 0.3) is 5.91 Å². The minimum absolute atomic E-state index is 0.00940. The van der Waals surface area contributed by atoms with Crippen molar-refractivity contribution in [2.45, 2.75) is 6.42 Å². The summed E-state index contributed by atoms with van der Waals surface area (Å²) in [6.45, 7) is 2.05. The number of anilines is 1. The van der Waals surface area contributed by atoms with Crippen LogP contribution in [0.15, 0.2) is 24.7 Å². The van der Waals surface area contributed by atoms with Gasteiger partial charge in [0.1, 0.15) is 0 Å². The number of nitrogens with one attached hydrogen (secondary N) is 2. The molecule has 0 unspecified atom stereocenters. The van der Waals surface area contributed by atoms with Crippen molar-refractivity contribution >= 4 is 17.4 Å². The fourth-order valence-corrected chi connectivity index (χ4v) is 2.49. The van der Waals surface area contributed by atoms with Crippen LogP contribution in [0.1, 0.15) is 27.5 Å². The first-order chi connectivity index (χ1) is 11.9. The standard InChI is InChI=1S/C17H26N6O2/c1-21(2)8-5-6-18-11-15(24)14-10-13(12-23(14)4)20-17(25)16-19-7-9-22(16)3/h7,9-10,12,18H,5-6,8,11H2,1-4H3,(H,20,25). The topological polar surface area (TPSA) is 84.2 Å². The predicted molar refractivity (Wildman–Crippen MR) is 96.9 cm³/mol. The van der Waals surface area contributed by atoms with Gasteiger partial charge in [0.2, 0.25) is 0 Å². The molecule has 8 heteroatoms. The molecule has 0 bridgehead atoms. The number of aromatic nitrogens is 3. The Hall–Kier alpha value is -2.45. The van der Waals surface area contributed by atoms with Crippen LogP contribution in [0.5, 0.6) is 0 Å². The fourth-order valence-electron chi connectivity index (χ4n) is 2.49. The molecule has 25 heavy (non-hydrogen) atoms. The molecule has 0 radical (unpaired) electrons. The third-order valence-electron chi connectivity index (χ3n) is 3.82. The Labute approximate surface area is 147 Å².